The van der Waals surface area contributed by atoms with Crippen LogP contribution in [0.3, 0.4) is 0 Å². The van der Waals surface area contributed by atoms with E-state index >= 15 is 0 Å². The van der Waals surface area contributed by atoms with Gasteiger partial charge in [0.1, 0.15) is 44.7 Å². The topological polar surface area (TPSA) is 140 Å². The van der Waals surface area contributed by atoms with Crippen molar-refractivity contribution in [3.05, 3.63) is 363 Å². The smallest absolute Gasteiger partial charge is 0.238 e. The van der Waals surface area contributed by atoms with Gasteiger partial charge >= 0.3 is 0 Å². The first-order chi connectivity index (χ1) is 68.6. The van der Waals surface area contributed by atoms with Gasteiger partial charge < -0.3 is 17.7 Å². The van der Waals surface area contributed by atoms with Gasteiger partial charge in [-0.15, -0.1) is 0 Å². The Morgan fingerprint density at radius 2 is 0.737 bits per heavy atom. The van der Waals surface area contributed by atoms with Crippen LogP contribution in [0.25, 0.3) is 233 Å². The highest BCUT2D eigenvalue weighted by Crippen LogP contribution is 2.48. The van der Waals surface area contributed by atoms with E-state index in [1.54, 1.807) is 133 Å². The van der Waals surface area contributed by atoms with E-state index in [1.165, 1.54) is 9.13 Å². The van der Waals surface area contributed by atoms with Crippen molar-refractivity contribution >= 4 is 131 Å². The number of furan rings is 4. The molecule has 16 aromatic carbocycles. The molecule has 8 heterocycles. The first kappa shape index (κ1) is 41.8. The Balaban J connectivity index is 0.000000159. The number of hydrogen-bond donors (Lipinski definition) is 0. The lowest BCUT2D eigenvalue weighted by atomic mass is 9.97. The third kappa shape index (κ3) is 10.5. The predicted molar refractivity (Wildman–Crippen MR) is 461 cm³/mol. The molecular weight excluding hydrogens is 1400 g/mol. The molecule has 0 aliphatic carbocycles. The van der Waals surface area contributed by atoms with Crippen LogP contribution in [0.1, 0.15) is 39.8 Å². The van der Waals surface area contributed by atoms with Crippen LogP contribution < -0.4 is 0 Å². The number of hydrogen-bond acceptors (Lipinski definition) is 10. The number of para-hydroxylation sites is 3. The van der Waals surface area contributed by atoms with Crippen molar-refractivity contribution in [1.82, 2.24) is 39.0 Å². The lowest BCUT2D eigenvalue weighted by molar-refractivity contribution is 0.668. The molecule has 114 heavy (non-hydrogen) atoms. The maximum atomic E-state index is 10.2. The minimum Gasteiger partial charge on any atom is -0.456 e. The monoisotopic (exact) mass is 1490 g/mol. The zero-order valence-corrected chi connectivity index (χ0v) is 58.6. The summed E-state index contributed by atoms with van der Waals surface area (Å²) >= 11 is 0. The average Bonchev–Trinajstić information content (AvgIpc) is 1.52. The highest BCUT2D eigenvalue weighted by Gasteiger charge is 2.28. The van der Waals surface area contributed by atoms with Gasteiger partial charge in [-0.25, -0.2) is 9.97 Å². The van der Waals surface area contributed by atoms with E-state index < -0.39 is 168 Å². The van der Waals surface area contributed by atoms with E-state index in [1.807, 2.05) is 54.6 Å². The van der Waals surface area contributed by atoms with Crippen molar-refractivity contribution < 1.29 is 57.4 Å². The van der Waals surface area contributed by atoms with Crippen molar-refractivity contribution in [3.8, 4) is 102 Å². The van der Waals surface area contributed by atoms with Crippen LogP contribution in [0.4, 0.5) is 0 Å². The Morgan fingerprint density at radius 1 is 0.219 bits per heavy atom. The second-order valence-corrected chi connectivity index (χ2v) is 26.5. The molecule has 0 atom stereocenters. The molecule has 0 saturated heterocycles. The molecule has 24 aromatic rings. The molecular formula is C102H60N8O4. The molecule has 8 aromatic heterocycles. The van der Waals surface area contributed by atoms with Gasteiger partial charge in [-0.1, -0.05) is 279 Å². The fraction of sp³-hybridized carbons (Fsp3) is 0. The van der Waals surface area contributed by atoms with Crippen LogP contribution in [0.2, 0.25) is 0 Å². The predicted octanol–water partition coefficient (Wildman–Crippen LogP) is 26.9. The van der Waals surface area contributed by atoms with E-state index in [0.717, 1.165) is 21.9 Å². The SMILES string of the molecule is [2H]c1c([2H])c(-c2ccccc2)c2c(oc3c([2H])c(-c4nc(-c5ccccc5)nc(-n5c6c([2H])c([2H])c(-c7ccccc7)c([2H])c6c6c7oc8c([2H])c([2H])c([2H])c([2H])c8c7c([2H])c([2H])c65)n4)c([2H])c([2H])c32)c1[2H].[2H]c1c([2H])c([2H])c(-c2nc(-c3ccc4c(c3)oc3cccc(-c5ccccc5)c34)nc(-n3c4c([2H])c([2H])c([2H])c([2H])c4c4c5oc6c([2H])c([2H])c([2H])c([2H])c6c5c(-c5ccccc5)c([2H])c43)n2)c([2H])c1[2H]. The summed E-state index contributed by atoms with van der Waals surface area (Å²) in [6, 6.07) is 39.5. The molecule has 0 bridgehead atoms. The second-order valence-electron chi connectivity index (χ2n) is 26.5. The van der Waals surface area contributed by atoms with Crippen molar-refractivity contribution in [2.45, 2.75) is 0 Å². The van der Waals surface area contributed by atoms with Crippen LogP contribution in [-0.4, -0.2) is 39.0 Å². The molecule has 0 fully saturated rings. The molecule has 0 radical (unpaired) electrons. The summed E-state index contributed by atoms with van der Waals surface area (Å²) in [6.07, 6.45) is 0. The van der Waals surface area contributed by atoms with Crippen molar-refractivity contribution in [2.24, 2.45) is 0 Å². The zero-order chi connectivity index (χ0) is 100. The summed E-state index contributed by atoms with van der Waals surface area (Å²) in [6.45, 7) is 0. The minimum atomic E-state index is -0.671. The average molecular weight is 1490 g/mol. The summed E-state index contributed by atoms with van der Waals surface area (Å²) in [5.41, 5.74) is 2.43. The lowest BCUT2D eigenvalue weighted by Crippen LogP contribution is -2.06. The largest absolute Gasteiger partial charge is 0.456 e. The van der Waals surface area contributed by atoms with Crippen LogP contribution in [0.5, 0.6) is 0 Å². The molecule has 0 saturated carbocycles. The van der Waals surface area contributed by atoms with Crippen molar-refractivity contribution in [1.29, 1.82) is 0 Å². The third-order valence-corrected chi connectivity index (χ3v) is 20.0. The van der Waals surface area contributed by atoms with E-state index in [2.05, 4.69) is 0 Å². The van der Waals surface area contributed by atoms with Gasteiger partial charge in [-0.05, 0) is 129 Å². The number of fused-ring (bicyclic) bond motifs is 20. The molecule has 0 N–H and O–H groups in total. The molecule has 532 valence electrons. The lowest BCUT2D eigenvalue weighted by Gasteiger charge is -2.12. The first-order valence-corrected chi connectivity index (χ1v) is 35.7. The molecule has 0 spiro atoms. The van der Waals surface area contributed by atoms with Gasteiger partial charge in [-0.3, -0.25) is 9.13 Å². The summed E-state index contributed by atoms with van der Waals surface area (Å²) < 4.78 is 291. The van der Waals surface area contributed by atoms with E-state index in [0.29, 0.717) is 39.0 Å². The van der Waals surface area contributed by atoms with E-state index in [9.17, 15) is 15.1 Å². The van der Waals surface area contributed by atoms with Gasteiger partial charge in [-0.2, -0.15) is 19.9 Å². The Morgan fingerprint density at radius 3 is 1.46 bits per heavy atom. The number of aromatic nitrogens is 8. The van der Waals surface area contributed by atoms with E-state index in [-0.39, 0.29) is 179 Å². The maximum Gasteiger partial charge on any atom is 0.238 e. The molecule has 12 nitrogen and oxygen atoms in total. The second kappa shape index (κ2) is 26.0. The van der Waals surface area contributed by atoms with Gasteiger partial charge in [0.05, 0.1) is 72.6 Å². The highest BCUT2D eigenvalue weighted by atomic mass is 16.3. The molecule has 0 amide bonds. The fourth-order valence-electron chi connectivity index (χ4n) is 15.0. The number of benzene rings is 16. The summed E-state index contributed by atoms with van der Waals surface area (Å²) in [4.78, 5) is 28.8. The maximum absolute atomic E-state index is 10.2. The number of rotatable bonds is 10. The zero-order valence-electron chi connectivity index (χ0n) is 87.6. The number of nitrogens with zero attached hydrogens (tertiary/aromatic N) is 8. The van der Waals surface area contributed by atoms with Crippen LogP contribution in [0.15, 0.2) is 381 Å². The van der Waals surface area contributed by atoms with Gasteiger partial charge in [0.15, 0.2) is 23.3 Å². The fourth-order valence-corrected chi connectivity index (χ4v) is 15.0. The third-order valence-electron chi connectivity index (χ3n) is 20.0. The molecule has 0 aliphatic heterocycles. The summed E-state index contributed by atoms with van der Waals surface area (Å²) in [5, 5.41) is 1.00. The minimum absolute atomic E-state index is 0.0320. The normalized spacial score (nSPS) is 15.4. The van der Waals surface area contributed by atoms with Crippen LogP contribution >= 0.6 is 0 Å². The Kier molecular flexibility index (Phi) is 9.54. The van der Waals surface area contributed by atoms with Gasteiger partial charge in [0, 0.05) is 76.1 Å². The van der Waals surface area contributed by atoms with Gasteiger partial charge in [0.25, 0.3) is 0 Å². The molecule has 12 heteroatoms. The summed E-state index contributed by atoms with van der Waals surface area (Å²) in [5.74, 6) is -1.70. The standard InChI is InChI=1S/2C51H30N4O2/c1-4-15-31(16-5-1)35-23-14-26-43-45(35)38-28-27-34(29-44(38)56-43)50-52-49(33-19-8-3-9-20-33)53-51(54-50)55-40-24-12-10-21-36(40)47-41(55)30-39(32-17-6-2-7-18-32)46-37-22-11-13-25-42(37)57-48(46)47;1-4-13-31(14-5-1)34-24-27-41-40(29-34)47-42(28-26-38-37-19-10-11-21-43(37)57-48(38)47)55(41)51-53-49(33-17-8-3-9-18-33)52-50(54-51)35-23-25-39-45(30-35)56-44-22-12-20-36(46(39)44)32-15-6-2-7-16-32/h2*1-30H/i3D,8D,9D,10D,11D,12D,13D,19D,20D,21D,22D,24D,25D,30D;10D,11D,12D,19D,20D,21D,22D,23D,24D,25D,26D,27D,28D,29D,30D. The van der Waals surface area contributed by atoms with Crippen LogP contribution in [-0.2, 0) is 0 Å². The molecule has 24 rings (SSSR count). The Bertz CT molecular complexity index is 9820. The van der Waals surface area contributed by atoms with Gasteiger partial charge in [0.2, 0.25) is 11.9 Å². The first-order valence-electron chi connectivity index (χ1n) is 50.2. The highest BCUT2D eigenvalue weighted by molar-refractivity contribution is 6.28. The van der Waals surface area contributed by atoms with Crippen molar-refractivity contribution in [2.75, 3.05) is 0 Å². The quantitative estimate of drug-likeness (QED) is 0.130. The summed E-state index contributed by atoms with van der Waals surface area (Å²) in [7, 11) is 0. The van der Waals surface area contributed by atoms with E-state index in [4.69, 9.17) is 72.2 Å². The van der Waals surface area contributed by atoms with Crippen LogP contribution in [0, 0.1) is 0 Å². The molecule has 0 aliphatic rings. The molecule has 0 unspecified atom stereocenters. The Hall–Kier alpha value is -15.7. The Labute approximate surface area is 690 Å². The van der Waals surface area contributed by atoms with Crippen molar-refractivity contribution in [3.63, 3.8) is 0 Å².